The first-order valence-corrected chi connectivity index (χ1v) is 10.5. The van der Waals surface area contributed by atoms with Crippen molar-refractivity contribution in [2.45, 2.75) is 13.0 Å². The average Bonchev–Trinajstić information content (AvgIpc) is 3.26. The molecule has 5 aromatic rings. The molecule has 158 valence electrons. The van der Waals surface area contributed by atoms with Crippen LogP contribution in [0.2, 0.25) is 0 Å². The van der Waals surface area contributed by atoms with E-state index in [0.717, 1.165) is 62.2 Å². The van der Waals surface area contributed by atoms with Gasteiger partial charge in [-0.2, -0.15) is 9.97 Å². The van der Waals surface area contributed by atoms with Crippen LogP contribution in [-0.2, 0) is 13.0 Å². The van der Waals surface area contributed by atoms with E-state index < -0.39 is 0 Å². The van der Waals surface area contributed by atoms with Crippen LogP contribution < -0.4 is 15.4 Å². The van der Waals surface area contributed by atoms with Crippen molar-refractivity contribution >= 4 is 33.7 Å². The summed E-state index contributed by atoms with van der Waals surface area (Å²) in [4.78, 5) is 21.6. The highest BCUT2D eigenvalue weighted by molar-refractivity contribution is 6.02. The Balaban J connectivity index is 1.57. The second kappa shape index (κ2) is 7.49. The molecule has 8 nitrogen and oxygen atoms in total. The van der Waals surface area contributed by atoms with Crippen LogP contribution in [-0.4, -0.2) is 38.6 Å². The topological polar surface area (TPSA) is 101 Å². The predicted octanol–water partition coefficient (Wildman–Crippen LogP) is 4.16. The normalized spacial score (nSPS) is 13.3. The second-order valence-corrected chi connectivity index (χ2v) is 7.80. The van der Waals surface area contributed by atoms with Crippen LogP contribution in [0.5, 0.6) is 5.75 Å². The Kier molecular flexibility index (Phi) is 4.34. The fourth-order valence-corrected chi connectivity index (χ4v) is 4.09. The monoisotopic (exact) mass is 423 g/mol. The van der Waals surface area contributed by atoms with Crippen LogP contribution in [0.25, 0.3) is 33.1 Å². The smallest absolute Gasteiger partial charge is 0.226 e. The maximum absolute atomic E-state index is 5.96. The molecule has 0 amide bonds. The molecule has 0 unspecified atom stereocenters. The van der Waals surface area contributed by atoms with Gasteiger partial charge in [-0.15, -0.1) is 0 Å². The van der Waals surface area contributed by atoms with Gasteiger partial charge in [0.1, 0.15) is 17.2 Å². The third-order valence-corrected chi connectivity index (χ3v) is 5.69. The molecule has 4 aromatic heterocycles. The van der Waals surface area contributed by atoms with Crippen LogP contribution in [0.3, 0.4) is 0 Å². The van der Waals surface area contributed by atoms with E-state index in [-0.39, 0.29) is 0 Å². The van der Waals surface area contributed by atoms with Crippen molar-refractivity contribution in [3.8, 4) is 16.9 Å². The van der Waals surface area contributed by atoms with Crippen LogP contribution in [0.15, 0.2) is 55.1 Å². The van der Waals surface area contributed by atoms with Gasteiger partial charge in [0.15, 0.2) is 0 Å². The van der Waals surface area contributed by atoms with Crippen LogP contribution in [0.1, 0.15) is 11.1 Å². The fraction of sp³-hybridized carbons (Fsp3) is 0.167. The van der Waals surface area contributed by atoms with Crippen molar-refractivity contribution in [2.24, 2.45) is 0 Å². The first kappa shape index (κ1) is 18.6. The summed E-state index contributed by atoms with van der Waals surface area (Å²) in [5.41, 5.74) is 6.00. The number of benzene rings is 1. The van der Waals surface area contributed by atoms with Crippen molar-refractivity contribution < 1.29 is 4.74 Å². The fourth-order valence-electron chi connectivity index (χ4n) is 4.09. The number of ether oxygens (including phenoxy) is 1. The summed E-state index contributed by atoms with van der Waals surface area (Å²) in [5, 5.41) is 8.55. The van der Waals surface area contributed by atoms with Gasteiger partial charge in [-0.05, 0) is 41.0 Å². The Labute approximate surface area is 184 Å². The zero-order chi connectivity index (χ0) is 21.5. The van der Waals surface area contributed by atoms with Gasteiger partial charge >= 0.3 is 0 Å². The summed E-state index contributed by atoms with van der Waals surface area (Å²) in [6.07, 6.45) is 8.25. The number of H-pyrrole nitrogens is 1. The maximum Gasteiger partial charge on any atom is 0.226 e. The third-order valence-electron chi connectivity index (χ3n) is 5.69. The minimum atomic E-state index is 0.547. The number of anilines is 2. The molecule has 5 heterocycles. The number of hydrogen-bond acceptors (Lipinski definition) is 7. The first-order valence-electron chi connectivity index (χ1n) is 10.5. The lowest BCUT2D eigenvalue weighted by atomic mass is 10.0. The molecule has 0 fully saturated rings. The number of nitrogens with zero attached hydrogens (tertiary/aromatic N) is 4. The van der Waals surface area contributed by atoms with E-state index in [9.17, 15) is 0 Å². The SMILES string of the molecule is CNc1nc2c3c(c[nH]c3n1)-c1ccc3ncc(cc3c1)CCOc1cncc(c1)CN2. The van der Waals surface area contributed by atoms with E-state index in [1.165, 1.54) is 0 Å². The van der Waals surface area contributed by atoms with Gasteiger partial charge in [0, 0.05) is 49.6 Å². The zero-order valence-corrected chi connectivity index (χ0v) is 17.5. The molecule has 8 heteroatoms. The predicted molar refractivity (Wildman–Crippen MR) is 125 cm³/mol. The van der Waals surface area contributed by atoms with Gasteiger partial charge in [-0.25, -0.2) is 0 Å². The van der Waals surface area contributed by atoms with Crippen molar-refractivity contribution in [2.75, 3.05) is 24.3 Å². The minimum Gasteiger partial charge on any atom is -0.492 e. The van der Waals surface area contributed by atoms with Crippen molar-refractivity contribution in [3.05, 3.63) is 66.2 Å². The summed E-state index contributed by atoms with van der Waals surface area (Å²) in [6, 6.07) is 10.5. The lowest BCUT2D eigenvalue weighted by Crippen LogP contribution is -2.07. The Morgan fingerprint density at radius 1 is 1.03 bits per heavy atom. The molecule has 1 aromatic carbocycles. The zero-order valence-electron chi connectivity index (χ0n) is 17.5. The Morgan fingerprint density at radius 3 is 2.94 bits per heavy atom. The lowest BCUT2D eigenvalue weighted by Gasteiger charge is -2.12. The van der Waals surface area contributed by atoms with Gasteiger partial charge in [-0.1, -0.05) is 6.07 Å². The molecule has 0 saturated heterocycles. The molecule has 1 aliphatic heterocycles. The standard InChI is InChI=1S/C24H21N7O/c1-25-24-30-22-21-19(13-29-23(21)31-24)16-2-3-20-17(8-16)6-14(10-27-20)4-5-32-18-7-15(11-28-22)9-26-12-18/h2-3,6-10,12-13H,4-5,11H2,1H3,(H3,25,28,29,30,31). The van der Waals surface area contributed by atoms with E-state index in [1.807, 2.05) is 31.7 Å². The summed E-state index contributed by atoms with van der Waals surface area (Å²) in [7, 11) is 1.81. The number of nitrogens with one attached hydrogen (secondary N) is 3. The van der Waals surface area contributed by atoms with E-state index in [2.05, 4.69) is 54.8 Å². The molecular formula is C24H21N7O. The van der Waals surface area contributed by atoms with Crippen molar-refractivity contribution in [3.63, 3.8) is 0 Å². The number of pyridine rings is 2. The van der Waals surface area contributed by atoms with Crippen molar-refractivity contribution in [1.82, 2.24) is 24.9 Å². The Morgan fingerprint density at radius 2 is 2.00 bits per heavy atom. The number of hydrogen-bond donors (Lipinski definition) is 3. The maximum atomic E-state index is 5.96. The van der Waals surface area contributed by atoms with E-state index in [4.69, 9.17) is 9.72 Å². The van der Waals surface area contributed by atoms with Crippen LogP contribution in [0.4, 0.5) is 11.8 Å². The third kappa shape index (κ3) is 3.26. The van der Waals surface area contributed by atoms with Gasteiger partial charge < -0.3 is 20.4 Å². The van der Waals surface area contributed by atoms with E-state index in [1.54, 1.807) is 6.20 Å². The largest absolute Gasteiger partial charge is 0.492 e. The molecule has 0 saturated carbocycles. The second-order valence-electron chi connectivity index (χ2n) is 7.80. The number of fused-ring (bicyclic) bond motifs is 5. The molecule has 0 spiro atoms. The van der Waals surface area contributed by atoms with E-state index >= 15 is 0 Å². The molecule has 32 heavy (non-hydrogen) atoms. The van der Waals surface area contributed by atoms with Gasteiger partial charge in [0.05, 0.1) is 23.7 Å². The van der Waals surface area contributed by atoms with Gasteiger partial charge in [-0.3, -0.25) is 9.97 Å². The average molecular weight is 423 g/mol. The molecule has 0 aliphatic carbocycles. The quantitative estimate of drug-likeness (QED) is 0.372. The Hall–Kier alpha value is -4.20. The molecule has 6 rings (SSSR count). The summed E-state index contributed by atoms with van der Waals surface area (Å²) in [6.45, 7) is 1.12. The number of rotatable bonds is 1. The Bertz CT molecular complexity index is 1460. The van der Waals surface area contributed by atoms with Crippen LogP contribution >= 0.6 is 0 Å². The molecule has 1 aliphatic rings. The van der Waals surface area contributed by atoms with E-state index in [0.29, 0.717) is 19.1 Å². The summed E-state index contributed by atoms with van der Waals surface area (Å²) in [5.74, 6) is 2.05. The van der Waals surface area contributed by atoms with Crippen molar-refractivity contribution in [1.29, 1.82) is 0 Å². The summed E-state index contributed by atoms with van der Waals surface area (Å²) >= 11 is 0. The first-order chi connectivity index (χ1) is 15.8. The number of aromatic amines is 1. The minimum absolute atomic E-state index is 0.547. The molecule has 3 N–H and O–H groups in total. The molecule has 5 bridgehead atoms. The molecular weight excluding hydrogens is 402 g/mol. The highest BCUT2D eigenvalue weighted by Gasteiger charge is 2.16. The summed E-state index contributed by atoms with van der Waals surface area (Å²) < 4.78 is 5.96. The van der Waals surface area contributed by atoms with Gasteiger partial charge in [0.25, 0.3) is 0 Å². The highest BCUT2D eigenvalue weighted by Crippen LogP contribution is 2.34. The highest BCUT2D eigenvalue weighted by atomic mass is 16.5. The lowest BCUT2D eigenvalue weighted by molar-refractivity contribution is 0.320. The molecule has 0 atom stereocenters. The number of aromatic nitrogens is 5. The van der Waals surface area contributed by atoms with Gasteiger partial charge in [0.2, 0.25) is 5.95 Å². The van der Waals surface area contributed by atoms with Crippen LogP contribution in [0, 0.1) is 0 Å². The molecule has 0 radical (unpaired) electrons.